The second-order valence-electron chi connectivity index (χ2n) is 4.45. The molecule has 0 aromatic heterocycles. The molecule has 3 nitrogen and oxygen atoms in total. The first kappa shape index (κ1) is 12.4. The highest BCUT2D eigenvalue weighted by atomic mass is 19.1. The first-order chi connectivity index (χ1) is 9.69. The van der Waals surface area contributed by atoms with Crippen molar-refractivity contribution in [1.82, 2.24) is 0 Å². The second-order valence-corrected chi connectivity index (χ2v) is 4.45. The van der Waals surface area contributed by atoms with Crippen molar-refractivity contribution < 1.29 is 13.9 Å². The van der Waals surface area contributed by atoms with Crippen molar-refractivity contribution in [2.75, 3.05) is 12.4 Å². The second kappa shape index (κ2) is 4.81. The lowest BCUT2D eigenvalue weighted by Crippen LogP contribution is -2.03. The number of benzene rings is 2. The Kier molecular flexibility index (Phi) is 2.99. The van der Waals surface area contributed by atoms with Gasteiger partial charge in [0, 0.05) is 22.8 Å². The molecule has 1 aliphatic heterocycles. The Morgan fingerprint density at radius 1 is 1.20 bits per heavy atom. The van der Waals surface area contributed by atoms with Gasteiger partial charge in [0.05, 0.1) is 12.8 Å². The van der Waals surface area contributed by atoms with E-state index in [1.165, 1.54) is 6.07 Å². The number of halogens is 1. The number of ether oxygens (including phenoxy) is 1. The predicted octanol–water partition coefficient (Wildman–Crippen LogP) is 3.33. The third kappa shape index (κ3) is 2.05. The Morgan fingerprint density at radius 2 is 2.00 bits per heavy atom. The van der Waals surface area contributed by atoms with Crippen LogP contribution in [0.1, 0.15) is 11.1 Å². The number of carbonyl (C=O) groups excluding carboxylic acids is 1. The van der Waals surface area contributed by atoms with Crippen LogP contribution in [0.25, 0.3) is 11.6 Å². The summed E-state index contributed by atoms with van der Waals surface area (Å²) in [5.41, 5.74) is 2.27. The summed E-state index contributed by atoms with van der Waals surface area (Å²) in [7, 11) is 1.56. The van der Waals surface area contributed by atoms with Gasteiger partial charge in [0.2, 0.25) is 0 Å². The van der Waals surface area contributed by atoms with Gasteiger partial charge in [-0.05, 0) is 24.3 Å². The van der Waals surface area contributed by atoms with Gasteiger partial charge in [0.1, 0.15) is 11.6 Å². The normalized spacial score (nSPS) is 15.1. The molecule has 0 bridgehead atoms. The predicted molar refractivity (Wildman–Crippen MR) is 75.9 cm³/mol. The van der Waals surface area contributed by atoms with E-state index in [2.05, 4.69) is 5.32 Å². The summed E-state index contributed by atoms with van der Waals surface area (Å²) in [6.07, 6.45) is 1.56. The summed E-state index contributed by atoms with van der Waals surface area (Å²) in [5, 5.41) is 2.75. The zero-order chi connectivity index (χ0) is 14.1. The molecule has 0 spiro atoms. The largest absolute Gasteiger partial charge is 0.497 e. The van der Waals surface area contributed by atoms with Gasteiger partial charge in [-0.2, -0.15) is 0 Å². The third-order valence-corrected chi connectivity index (χ3v) is 3.21. The van der Waals surface area contributed by atoms with Crippen LogP contribution in [0.5, 0.6) is 5.75 Å². The van der Waals surface area contributed by atoms with E-state index in [1.54, 1.807) is 49.6 Å². The fraction of sp³-hybridized carbons (Fsp3) is 0.0625. The number of hydrogen-bond donors (Lipinski definition) is 1. The molecular weight excluding hydrogens is 257 g/mol. The van der Waals surface area contributed by atoms with Crippen molar-refractivity contribution in [1.29, 1.82) is 0 Å². The van der Waals surface area contributed by atoms with Crippen LogP contribution in [0, 0.1) is 5.82 Å². The summed E-state index contributed by atoms with van der Waals surface area (Å²) < 4.78 is 18.8. The molecule has 4 heteroatoms. The van der Waals surface area contributed by atoms with Crippen LogP contribution in [0.15, 0.2) is 42.5 Å². The number of methoxy groups -OCH3 is 1. The van der Waals surface area contributed by atoms with Crippen molar-refractivity contribution in [3.63, 3.8) is 0 Å². The molecule has 1 aliphatic rings. The van der Waals surface area contributed by atoms with Crippen LogP contribution in [0.2, 0.25) is 0 Å². The fourth-order valence-electron chi connectivity index (χ4n) is 2.19. The maximum absolute atomic E-state index is 13.7. The van der Waals surface area contributed by atoms with Crippen molar-refractivity contribution in [2.24, 2.45) is 0 Å². The molecule has 1 heterocycles. The molecule has 3 rings (SSSR count). The zero-order valence-electron chi connectivity index (χ0n) is 10.8. The fourth-order valence-corrected chi connectivity index (χ4v) is 2.19. The lowest BCUT2D eigenvalue weighted by atomic mass is 10.0. The number of rotatable bonds is 2. The molecule has 0 atom stereocenters. The summed E-state index contributed by atoms with van der Waals surface area (Å²) in [5.74, 6) is 0.0717. The average Bonchev–Trinajstić information content (AvgIpc) is 2.76. The van der Waals surface area contributed by atoms with E-state index >= 15 is 0 Å². The van der Waals surface area contributed by atoms with Gasteiger partial charge in [-0.25, -0.2) is 4.39 Å². The number of nitrogens with one attached hydrogen (secondary N) is 1. The molecule has 0 radical (unpaired) electrons. The van der Waals surface area contributed by atoms with E-state index in [9.17, 15) is 9.18 Å². The lowest BCUT2D eigenvalue weighted by molar-refractivity contribution is -0.110. The van der Waals surface area contributed by atoms with E-state index < -0.39 is 0 Å². The maximum atomic E-state index is 13.7. The van der Waals surface area contributed by atoms with Crippen molar-refractivity contribution >= 4 is 23.2 Å². The Bertz CT molecular complexity index is 722. The van der Waals surface area contributed by atoms with E-state index in [0.29, 0.717) is 22.6 Å². The van der Waals surface area contributed by atoms with Gasteiger partial charge in [0.15, 0.2) is 0 Å². The summed E-state index contributed by atoms with van der Waals surface area (Å²) in [4.78, 5) is 12.0. The highest BCUT2D eigenvalue weighted by molar-refractivity contribution is 6.35. The van der Waals surface area contributed by atoms with Crippen molar-refractivity contribution in [3.05, 3.63) is 59.4 Å². The zero-order valence-corrected chi connectivity index (χ0v) is 10.8. The molecule has 0 saturated heterocycles. The van der Waals surface area contributed by atoms with Crippen molar-refractivity contribution in [3.8, 4) is 5.75 Å². The standard InChI is InChI=1S/C16H12FNO2/c1-20-11-6-7-12-13(16(19)18-15(12)9-11)8-10-4-2-3-5-14(10)17/h2-9H,1H3,(H,18,19)/b13-8+. The molecule has 100 valence electrons. The topological polar surface area (TPSA) is 38.3 Å². The number of fused-ring (bicyclic) bond motifs is 1. The van der Waals surface area contributed by atoms with Gasteiger partial charge in [0.25, 0.3) is 5.91 Å². The van der Waals surface area contributed by atoms with Crippen LogP contribution in [0.3, 0.4) is 0 Å². The minimum absolute atomic E-state index is 0.239. The van der Waals surface area contributed by atoms with Gasteiger partial charge in [-0.1, -0.05) is 18.2 Å². The van der Waals surface area contributed by atoms with E-state index in [4.69, 9.17) is 4.74 Å². The molecule has 0 fully saturated rings. The van der Waals surface area contributed by atoms with Gasteiger partial charge in [-0.3, -0.25) is 4.79 Å². The highest BCUT2D eigenvalue weighted by Crippen LogP contribution is 2.35. The van der Waals surface area contributed by atoms with Crippen LogP contribution in [0.4, 0.5) is 10.1 Å². The minimum atomic E-state index is -0.352. The Hall–Kier alpha value is -2.62. The molecule has 1 amide bonds. The number of hydrogen-bond acceptors (Lipinski definition) is 2. The molecule has 2 aromatic rings. The van der Waals surface area contributed by atoms with Gasteiger partial charge in [-0.15, -0.1) is 0 Å². The van der Waals surface area contributed by atoms with E-state index in [1.807, 2.05) is 0 Å². The summed E-state index contributed by atoms with van der Waals surface area (Å²) in [6, 6.07) is 11.7. The smallest absolute Gasteiger partial charge is 0.256 e. The first-order valence-electron chi connectivity index (χ1n) is 6.15. The molecule has 0 aliphatic carbocycles. The third-order valence-electron chi connectivity index (χ3n) is 3.21. The Morgan fingerprint density at radius 3 is 2.75 bits per heavy atom. The molecule has 20 heavy (non-hydrogen) atoms. The number of carbonyl (C=O) groups is 1. The van der Waals surface area contributed by atoms with E-state index in [-0.39, 0.29) is 11.7 Å². The van der Waals surface area contributed by atoms with Gasteiger partial charge < -0.3 is 10.1 Å². The first-order valence-corrected chi connectivity index (χ1v) is 6.15. The Labute approximate surface area is 115 Å². The molecule has 0 saturated carbocycles. The summed E-state index contributed by atoms with van der Waals surface area (Å²) >= 11 is 0. The average molecular weight is 269 g/mol. The van der Waals surface area contributed by atoms with Crippen LogP contribution >= 0.6 is 0 Å². The quantitative estimate of drug-likeness (QED) is 0.849. The van der Waals surface area contributed by atoms with Crippen molar-refractivity contribution in [2.45, 2.75) is 0 Å². The van der Waals surface area contributed by atoms with Crippen LogP contribution in [-0.2, 0) is 4.79 Å². The molecule has 0 unspecified atom stereocenters. The van der Waals surface area contributed by atoms with Crippen LogP contribution in [-0.4, -0.2) is 13.0 Å². The highest BCUT2D eigenvalue weighted by Gasteiger charge is 2.24. The van der Waals surface area contributed by atoms with Gasteiger partial charge >= 0.3 is 0 Å². The SMILES string of the molecule is COc1ccc2c(c1)NC(=O)/C2=C/c1ccccc1F. The maximum Gasteiger partial charge on any atom is 0.256 e. The number of anilines is 1. The lowest BCUT2D eigenvalue weighted by Gasteiger charge is -2.03. The minimum Gasteiger partial charge on any atom is -0.497 e. The molecule has 2 aromatic carbocycles. The molecular formula is C16H12FNO2. The van der Waals surface area contributed by atoms with E-state index in [0.717, 1.165) is 5.56 Å². The molecule has 1 N–H and O–H groups in total. The monoisotopic (exact) mass is 269 g/mol. The number of amides is 1. The van der Waals surface area contributed by atoms with Crippen LogP contribution < -0.4 is 10.1 Å². The summed E-state index contributed by atoms with van der Waals surface area (Å²) in [6.45, 7) is 0. The Balaban J connectivity index is 2.09.